The summed E-state index contributed by atoms with van der Waals surface area (Å²) in [6.45, 7) is 0. The lowest BCUT2D eigenvalue weighted by molar-refractivity contribution is -0.384. The fourth-order valence-electron chi connectivity index (χ4n) is 1.52. The van der Waals surface area contributed by atoms with E-state index in [1.807, 2.05) is 0 Å². The molecule has 8 heteroatoms. The maximum Gasteiger partial charge on any atom is 0.311 e. The fraction of sp³-hybridized carbons (Fsp3) is 0. The zero-order valence-corrected chi connectivity index (χ0v) is 10.0. The maximum atomic E-state index is 13.7. The van der Waals surface area contributed by atoms with E-state index in [9.17, 15) is 14.5 Å². The number of hydrogen-bond acceptors (Lipinski definition) is 6. The summed E-state index contributed by atoms with van der Waals surface area (Å²) < 4.78 is 13.7. The van der Waals surface area contributed by atoms with Crippen LogP contribution < -0.4 is 11.1 Å². The predicted molar refractivity (Wildman–Crippen MR) is 69.7 cm³/mol. The van der Waals surface area contributed by atoms with Gasteiger partial charge in [-0.05, 0) is 24.3 Å². The van der Waals surface area contributed by atoms with Crippen molar-refractivity contribution in [2.75, 3.05) is 11.1 Å². The second-order valence-electron chi connectivity index (χ2n) is 3.79. The number of aromatic nitrogens is 1. The second kappa shape index (κ2) is 5.19. The summed E-state index contributed by atoms with van der Waals surface area (Å²) in [5.74, 6) is -0.826. The normalized spacial score (nSPS) is 9.80. The van der Waals surface area contributed by atoms with Crippen LogP contribution in [0.3, 0.4) is 0 Å². The van der Waals surface area contributed by atoms with Crippen molar-refractivity contribution in [3.05, 3.63) is 51.8 Å². The van der Waals surface area contributed by atoms with Crippen LogP contribution in [-0.2, 0) is 0 Å². The van der Waals surface area contributed by atoms with E-state index in [0.29, 0.717) is 0 Å². The Morgan fingerprint density at radius 1 is 1.40 bits per heavy atom. The summed E-state index contributed by atoms with van der Waals surface area (Å²) in [5, 5.41) is 22.0. The lowest BCUT2D eigenvalue weighted by Crippen LogP contribution is -2.03. The Hall–Kier alpha value is -3.21. The Kier molecular flexibility index (Phi) is 3.43. The van der Waals surface area contributed by atoms with Crippen LogP contribution >= 0.6 is 0 Å². The van der Waals surface area contributed by atoms with Gasteiger partial charge in [0.2, 0.25) is 5.82 Å². The van der Waals surface area contributed by atoms with Gasteiger partial charge >= 0.3 is 5.69 Å². The molecular formula is C12H8FN5O2. The van der Waals surface area contributed by atoms with Crippen molar-refractivity contribution >= 4 is 23.0 Å². The number of halogens is 1. The van der Waals surface area contributed by atoms with Crippen LogP contribution in [0.2, 0.25) is 0 Å². The predicted octanol–water partition coefficient (Wildman–Crippen LogP) is 2.33. The van der Waals surface area contributed by atoms with Crippen molar-refractivity contribution in [2.24, 2.45) is 0 Å². The molecule has 0 spiro atoms. The number of nitrogens with zero attached hydrogens (tertiary/aromatic N) is 3. The highest BCUT2D eigenvalue weighted by Gasteiger charge is 2.17. The minimum absolute atomic E-state index is 0.0369. The van der Waals surface area contributed by atoms with E-state index >= 15 is 0 Å². The van der Waals surface area contributed by atoms with Gasteiger partial charge in [0.15, 0.2) is 0 Å². The molecule has 1 heterocycles. The molecule has 0 radical (unpaired) electrons. The zero-order chi connectivity index (χ0) is 14.7. The number of nitrogens with one attached hydrogen (secondary N) is 1. The molecule has 0 unspecified atom stereocenters. The molecule has 20 heavy (non-hydrogen) atoms. The number of nitro groups is 1. The molecule has 0 atom stereocenters. The standard InChI is InChI=1S/C12H8FN5O2/c13-8-5-7(6-14)1-2-9(8)16-12-10(18(19)20)3-4-11(15)17-12/h1-5H,(H3,15,16,17). The summed E-state index contributed by atoms with van der Waals surface area (Å²) in [5.41, 5.74) is 5.23. The van der Waals surface area contributed by atoms with Gasteiger partial charge < -0.3 is 11.1 Å². The highest BCUT2D eigenvalue weighted by atomic mass is 19.1. The van der Waals surface area contributed by atoms with Crippen molar-refractivity contribution in [1.82, 2.24) is 4.98 Å². The van der Waals surface area contributed by atoms with E-state index < -0.39 is 10.7 Å². The summed E-state index contributed by atoms with van der Waals surface area (Å²) in [6, 6.07) is 7.92. The largest absolute Gasteiger partial charge is 0.384 e. The van der Waals surface area contributed by atoms with Crippen molar-refractivity contribution in [1.29, 1.82) is 5.26 Å². The van der Waals surface area contributed by atoms with Crippen LogP contribution in [0.1, 0.15) is 5.56 Å². The molecule has 100 valence electrons. The summed E-state index contributed by atoms with van der Waals surface area (Å²) in [6.07, 6.45) is 0. The van der Waals surface area contributed by atoms with Crippen LogP contribution in [0.15, 0.2) is 30.3 Å². The number of hydrogen-bond donors (Lipinski definition) is 2. The number of nitrogen functional groups attached to an aromatic ring is 1. The summed E-state index contributed by atoms with van der Waals surface area (Å²) in [4.78, 5) is 14.0. The molecule has 2 rings (SSSR count). The second-order valence-corrected chi connectivity index (χ2v) is 3.79. The number of rotatable bonds is 3. The van der Waals surface area contributed by atoms with E-state index in [2.05, 4.69) is 10.3 Å². The van der Waals surface area contributed by atoms with Crippen LogP contribution in [-0.4, -0.2) is 9.91 Å². The first-order valence-electron chi connectivity index (χ1n) is 5.39. The molecule has 2 aromatic rings. The molecule has 1 aromatic heterocycles. The van der Waals surface area contributed by atoms with E-state index in [0.717, 1.165) is 6.07 Å². The summed E-state index contributed by atoms with van der Waals surface area (Å²) in [7, 11) is 0. The third kappa shape index (κ3) is 2.62. The number of benzene rings is 1. The SMILES string of the molecule is N#Cc1ccc(Nc2nc(N)ccc2[N+](=O)[O-])c(F)c1. The third-order valence-corrected chi connectivity index (χ3v) is 2.44. The molecule has 0 amide bonds. The molecule has 7 nitrogen and oxygen atoms in total. The molecule has 3 N–H and O–H groups in total. The Bertz CT molecular complexity index is 726. The number of anilines is 3. The van der Waals surface area contributed by atoms with Gasteiger partial charge in [0, 0.05) is 6.07 Å². The quantitative estimate of drug-likeness (QED) is 0.654. The van der Waals surface area contributed by atoms with Crippen LogP contribution in [0.25, 0.3) is 0 Å². The Morgan fingerprint density at radius 2 is 2.15 bits per heavy atom. The lowest BCUT2D eigenvalue weighted by Gasteiger charge is -2.08. The average Bonchev–Trinajstić information content (AvgIpc) is 2.40. The molecular weight excluding hydrogens is 265 g/mol. The van der Waals surface area contributed by atoms with E-state index in [1.165, 1.54) is 24.3 Å². The van der Waals surface area contributed by atoms with Gasteiger partial charge in [-0.2, -0.15) is 5.26 Å². The smallest absolute Gasteiger partial charge is 0.311 e. The number of pyridine rings is 1. The number of nitrogens with two attached hydrogens (primary N) is 1. The highest BCUT2D eigenvalue weighted by Crippen LogP contribution is 2.27. The monoisotopic (exact) mass is 273 g/mol. The average molecular weight is 273 g/mol. The lowest BCUT2D eigenvalue weighted by atomic mass is 10.2. The molecule has 0 fully saturated rings. The van der Waals surface area contributed by atoms with E-state index in [-0.39, 0.29) is 28.6 Å². The molecule has 1 aromatic carbocycles. The van der Waals surface area contributed by atoms with E-state index in [4.69, 9.17) is 11.0 Å². The van der Waals surface area contributed by atoms with Gasteiger partial charge in [-0.1, -0.05) is 0 Å². The zero-order valence-electron chi connectivity index (χ0n) is 10.0. The molecule has 0 saturated carbocycles. The first-order chi connectivity index (χ1) is 9.51. The van der Waals surface area contributed by atoms with Gasteiger partial charge in [0.1, 0.15) is 11.6 Å². The molecule has 0 aliphatic heterocycles. The molecule has 0 bridgehead atoms. The minimum atomic E-state index is -0.720. The van der Waals surface area contributed by atoms with Gasteiger partial charge in [-0.3, -0.25) is 10.1 Å². The van der Waals surface area contributed by atoms with Crippen molar-refractivity contribution in [3.8, 4) is 6.07 Å². The highest BCUT2D eigenvalue weighted by molar-refractivity contribution is 5.68. The van der Waals surface area contributed by atoms with Crippen LogP contribution in [0.5, 0.6) is 0 Å². The first-order valence-corrected chi connectivity index (χ1v) is 5.39. The maximum absolute atomic E-state index is 13.7. The van der Waals surface area contributed by atoms with Crippen molar-refractivity contribution in [2.45, 2.75) is 0 Å². The van der Waals surface area contributed by atoms with E-state index in [1.54, 1.807) is 6.07 Å². The third-order valence-electron chi connectivity index (χ3n) is 2.44. The van der Waals surface area contributed by atoms with Gasteiger partial charge in [0.05, 0.1) is 22.2 Å². The Balaban J connectivity index is 2.42. The van der Waals surface area contributed by atoms with Gasteiger partial charge in [-0.15, -0.1) is 0 Å². The fourth-order valence-corrected chi connectivity index (χ4v) is 1.52. The summed E-state index contributed by atoms with van der Waals surface area (Å²) >= 11 is 0. The first kappa shape index (κ1) is 13.2. The Morgan fingerprint density at radius 3 is 2.75 bits per heavy atom. The van der Waals surface area contributed by atoms with Gasteiger partial charge in [-0.25, -0.2) is 9.37 Å². The molecule has 0 saturated heterocycles. The molecule has 0 aliphatic carbocycles. The molecule has 0 aliphatic rings. The van der Waals surface area contributed by atoms with Crippen molar-refractivity contribution < 1.29 is 9.31 Å². The Labute approximate surface area is 112 Å². The van der Waals surface area contributed by atoms with Crippen molar-refractivity contribution in [3.63, 3.8) is 0 Å². The topological polar surface area (TPSA) is 118 Å². The minimum Gasteiger partial charge on any atom is -0.384 e. The van der Waals surface area contributed by atoms with Crippen LogP contribution in [0.4, 0.5) is 27.4 Å². The number of nitriles is 1. The van der Waals surface area contributed by atoms with Gasteiger partial charge in [0.25, 0.3) is 0 Å². The van der Waals surface area contributed by atoms with Crippen LogP contribution in [0, 0.1) is 27.3 Å².